The lowest BCUT2D eigenvalue weighted by Gasteiger charge is -2.24. The number of nitrogens with one attached hydrogen (secondary N) is 1. The second-order valence-corrected chi connectivity index (χ2v) is 8.72. The highest BCUT2D eigenvalue weighted by Crippen LogP contribution is 2.32. The van der Waals surface area contributed by atoms with Gasteiger partial charge in [0.15, 0.2) is 0 Å². The smallest absolute Gasteiger partial charge is 0.208 e. The predicted octanol–water partition coefficient (Wildman–Crippen LogP) is 2.70. The average molecular weight is 344 g/mol. The van der Waals surface area contributed by atoms with Crippen LogP contribution in [0.2, 0.25) is 0 Å². The number of nitrogens with two attached hydrogens (primary N) is 1. The number of sulfonamides is 1. The van der Waals surface area contributed by atoms with Gasteiger partial charge in [-0.2, -0.15) is 0 Å². The molecule has 3 rings (SSSR count). The second-order valence-electron chi connectivity index (χ2n) is 6.94. The van der Waals surface area contributed by atoms with Gasteiger partial charge in [-0.25, -0.2) is 13.1 Å². The first kappa shape index (κ1) is 17.1. The largest absolute Gasteiger partial charge is 0.325 e. The molecule has 0 heterocycles. The van der Waals surface area contributed by atoms with Crippen molar-refractivity contribution in [2.45, 2.75) is 37.3 Å². The summed E-state index contributed by atoms with van der Waals surface area (Å²) in [6, 6.07) is 18.7. The van der Waals surface area contributed by atoms with Gasteiger partial charge in [-0.3, -0.25) is 0 Å². The van der Waals surface area contributed by atoms with Gasteiger partial charge in [0.1, 0.15) is 0 Å². The zero-order valence-corrected chi connectivity index (χ0v) is 14.7. The number of benzene rings is 2. The Hall–Kier alpha value is -1.69. The molecule has 1 saturated carbocycles. The molecule has 24 heavy (non-hydrogen) atoms. The van der Waals surface area contributed by atoms with Gasteiger partial charge in [0.2, 0.25) is 10.0 Å². The molecule has 0 aliphatic heterocycles. The molecule has 5 heteroatoms. The van der Waals surface area contributed by atoms with Crippen molar-refractivity contribution in [1.29, 1.82) is 0 Å². The van der Waals surface area contributed by atoms with Crippen molar-refractivity contribution in [3.05, 3.63) is 60.2 Å². The van der Waals surface area contributed by atoms with Crippen LogP contribution in [0.5, 0.6) is 0 Å². The van der Waals surface area contributed by atoms with Crippen molar-refractivity contribution in [2.24, 2.45) is 5.73 Å². The quantitative estimate of drug-likeness (QED) is 0.876. The van der Waals surface area contributed by atoms with E-state index in [0.717, 1.165) is 19.3 Å². The van der Waals surface area contributed by atoms with Crippen molar-refractivity contribution in [2.75, 3.05) is 6.26 Å². The predicted molar refractivity (Wildman–Crippen MR) is 98.1 cm³/mol. The summed E-state index contributed by atoms with van der Waals surface area (Å²) in [5.41, 5.74) is 9.77. The van der Waals surface area contributed by atoms with Gasteiger partial charge in [0, 0.05) is 11.6 Å². The van der Waals surface area contributed by atoms with Crippen LogP contribution in [-0.4, -0.2) is 26.3 Å². The lowest BCUT2D eigenvalue weighted by molar-refractivity contribution is 0.425. The van der Waals surface area contributed by atoms with Crippen molar-refractivity contribution >= 4 is 10.0 Å². The van der Waals surface area contributed by atoms with Crippen LogP contribution in [0.1, 0.15) is 24.8 Å². The Labute approximate surface area is 144 Å². The molecule has 1 fully saturated rings. The first-order valence-electron chi connectivity index (χ1n) is 8.24. The van der Waals surface area contributed by atoms with Crippen LogP contribution in [0.15, 0.2) is 54.6 Å². The molecule has 1 aliphatic carbocycles. The molecule has 0 spiro atoms. The standard InChI is InChI=1S/C19H24N2O2S/c1-24(22,23)21-18-10-11-19(20,14-18)13-15-6-5-9-17(12-15)16-7-3-2-4-8-16/h2-9,12,18,21H,10-11,13-14,20H2,1H3/t18-,19+/m0/s1. The van der Waals surface area contributed by atoms with Gasteiger partial charge >= 0.3 is 0 Å². The van der Waals surface area contributed by atoms with E-state index in [1.807, 2.05) is 18.2 Å². The summed E-state index contributed by atoms with van der Waals surface area (Å²) in [4.78, 5) is 0. The summed E-state index contributed by atoms with van der Waals surface area (Å²) in [6.07, 6.45) is 4.26. The van der Waals surface area contributed by atoms with Gasteiger partial charge in [0.05, 0.1) is 6.26 Å². The minimum atomic E-state index is -3.18. The summed E-state index contributed by atoms with van der Waals surface area (Å²) in [5, 5.41) is 0. The van der Waals surface area contributed by atoms with Crippen molar-refractivity contribution in [3.8, 4) is 11.1 Å². The maximum atomic E-state index is 11.4. The first-order valence-corrected chi connectivity index (χ1v) is 10.1. The molecular weight excluding hydrogens is 320 g/mol. The highest BCUT2D eigenvalue weighted by molar-refractivity contribution is 7.88. The number of rotatable bonds is 5. The number of hydrogen-bond donors (Lipinski definition) is 2. The molecule has 3 N–H and O–H groups in total. The summed E-state index contributed by atoms with van der Waals surface area (Å²) < 4.78 is 25.5. The third-order valence-electron chi connectivity index (χ3n) is 4.61. The van der Waals surface area contributed by atoms with E-state index in [-0.39, 0.29) is 11.6 Å². The van der Waals surface area contributed by atoms with Crippen LogP contribution in [-0.2, 0) is 16.4 Å². The van der Waals surface area contributed by atoms with E-state index in [0.29, 0.717) is 6.42 Å². The van der Waals surface area contributed by atoms with Crippen molar-refractivity contribution < 1.29 is 8.42 Å². The van der Waals surface area contributed by atoms with Crippen LogP contribution in [0, 0.1) is 0 Å². The van der Waals surface area contributed by atoms with E-state index in [9.17, 15) is 8.42 Å². The minimum Gasteiger partial charge on any atom is -0.325 e. The Kier molecular flexibility index (Phi) is 4.76. The minimum absolute atomic E-state index is 0.0534. The molecule has 2 aromatic carbocycles. The second kappa shape index (κ2) is 6.67. The van der Waals surface area contributed by atoms with Crippen molar-refractivity contribution in [3.63, 3.8) is 0 Å². The molecule has 0 aromatic heterocycles. The molecule has 0 amide bonds. The highest BCUT2D eigenvalue weighted by atomic mass is 32.2. The Balaban J connectivity index is 1.72. The molecule has 0 unspecified atom stereocenters. The van der Waals surface area contributed by atoms with Gasteiger partial charge < -0.3 is 5.73 Å². The normalized spacial score (nSPS) is 24.2. The van der Waals surface area contributed by atoms with Gasteiger partial charge in [-0.05, 0) is 42.4 Å². The molecule has 0 radical (unpaired) electrons. The molecule has 2 atom stereocenters. The van der Waals surface area contributed by atoms with Crippen LogP contribution in [0.4, 0.5) is 0 Å². The summed E-state index contributed by atoms with van der Waals surface area (Å²) >= 11 is 0. The van der Waals surface area contributed by atoms with E-state index in [2.05, 4.69) is 41.1 Å². The third-order valence-corrected chi connectivity index (χ3v) is 5.38. The first-order chi connectivity index (χ1) is 11.3. The summed E-state index contributed by atoms with van der Waals surface area (Å²) in [6.45, 7) is 0. The van der Waals surface area contributed by atoms with E-state index in [1.54, 1.807) is 0 Å². The molecular formula is C19H24N2O2S. The molecule has 0 bridgehead atoms. The maximum Gasteiger partial charge on any atom is 0.208 e. The Morgan fingerprint density at radius 1 is 1.12 bits per heavy atom. The fourth-order valence-corrected chi connectivity index (χ4v) is 4.43. The molecule has 0 saturated heterocycles. The van der Waals surface area contributed by atoms with E-state index in [1.165, 1.54) is 22.9 Å². The van der Waals surface area contributed by atoms with E-state index in [4.69, 9.17) is 5.73 Å². The van der Waals surface area contributed by atoms with Gasteiger partial charge in [0.25, 0.3) is 0 Å². The Morgan fingerprint density at radius 3 is 2.54 bits per heavy atom. The molecule has 2 aromatic rings. The lowest BCUT2D eigenvalue weighted by Crippen LogP contribution is -2.42. The van der Waals surface area contributed by atoms with Gasteiger partial charge in [-0.1, -0.05) is 54.6 Å². The molecule has 1 aliphatic rings. The van der Waals surface area contributed by atoms with Crippen LogP contribution >= 0.6 is 0 Å². The number of hydrogen-bond acceptors (Lipinski definition) is 3. The highest BCUT2D eigenvalue weighted by Gasteiger charge is 2.36. The summed E-state index contributed by atoms with van der Waals surface area (Å²) in [7, 11) is -3.18. The molecule has 128 valence electrons. The fraction of sp³-hybridized carbons (Fsp3) is 0.368. The van der Waals surface area contributed by atoms with E-state index >= 15 is 0 Å². The van der Waals surface area contributed by atoms with Crippen LogP contribution < -0.4 is 10.5 Å². The Bertz CT molecular complexity index is 805. The molecule has 4 nitrogen and oxygen atoms in total. The average Bonchev–Trinajstić information content (AvgIpc) is 2.87. The topological polar surface area (TPSA) is 72.2 Å². The fourth-order valence-electron chi connectivity index (χ4n) is 3.62. The van der Waals surface area contributed by atoms with Gasteiger partial charge in [-0.15, -0.1) is 0 Å². The zero-order chi connectivity index (χ0) is 17.2. The van der Waals surface area contributed by atoms with Crippen molar-refractivity contribution in [1.82, 2.24) is 4.72 Å². The van der Waals surface area contributed by atoms with Crippen LogP contribution in [0.3, 0.4) is 0 Å². The zero-order valence-electron chi connectivity index (χ0n) is 13.9. The van der Waals surface area contributed by atoms with Crippen LogP contribution in [0.25, 0.3) is 11.1 Å². The summed E-state index contributed by atoms with van der Waals surface area (Å²) in [5.74, 6) is 0. The SMILES string of the molecule is CS(=O)(=O)N[C@H]1CC[C@@](N)(Cc2cccc(-c3ccccc3)c2)C1. The third kappa shape index (κ3) is 4.44. The Morgan fingerprint density at radius 2 is 1.83 bits per heavy atom. The maximum absolute atomic E-state index is 11.4. The monoisotopic (exact) mass is 344 g/mol. The van der Waals surface area contributed by atoms with E-state index < -0.39 is 10.0 Å². The lowest BCUT2D eigenvalue weighted by atomic mass is 9.89.